The Bertz CT molecular complexity index is 1080. The fourth-order valence-corrected chi connectivity index (χ4v) is 2.61. The number of amides is 1. The lowest BCUT2D eigenvalue weighted by Gasteiger charge is -2.16. The molecule has 30 heavy (non-hydrogen) atoms. The summed E-state index contributed by atoms with van der Waals surface area (Å²) in [6.07, 6.45) is -3.23. The molecule has 3 aromatic rings. The highest BCUT2D eigenvalue weighted by Gasteiger charge is 2.32. The summed E-state index contributed by atoms with van der Waals surface area (Å²) in [4.78, 5) is 16.6. The van der Waals surface area contributed by atoms with Gasteiger partial charge in [0, 0.05) is 18.0 Å². The van der Waals surface area contributed by atoms with Gasteiger partial charge in [0.2, 0.25) is 5.88 Å². The van der Waals surface area contributed by atoms with Crippen LogP contribution in [0, 0.1) is 12.7 Å². The molecular weight excluding hydrogens is 404 g/mol. The highest BCUT2D eigenvalue weighted by atomic mass is 19.4. The van der Waals surface area contributed by atoms with E-state index in [0.717, 1.165) is 24.3 Å². The fraction of sp³-hybridized carbons (Fsp3) is 0.143. The molecular formula is C21H16F4N2O3. The van der Waals surface area contributed by atoms with Gasteiger partial charge in [0.1, 0.15) is 17.3 Å². The molecule has 0 bridgehead atoms. The Morgan fingerprint density at radius 3 is 2.47 bits per heavy atom. The molecule has 0 spiro atoms. The van der Waals surface area contributed by atoms with Crippen LogP contribution in [-0.4, -0.2) is 18.0 Å². The van der Waals surface area contributed by atoms with Crippen LogP contribution in [0.15, 0.2) is 54.7 Å². The van der Waals surface area contributed by atoms with E-state index >= 15 is 0 Å². The van der Waals surface area contributed by atoms with Crippen LogP contribution in [0.1, 0.15) is 21.5 Å². The maximum atomic E-state index is 13.3. The van der Waals surface area contributed by atoms with Crippen molar-refractivity contribution in [2.75, 3.05) is 12.4 Å². The SMILES string of the molecule is COc1cc(NC(=O)c2ccc(C(F)(F)F)cc2Oc2ccc(F)cc2C)ccn1. The number of carbonyl (C=O) groups is 1. The van der Waals surface area contributed by atoms with Gasteiger partial charge in [-0.3, -0.25) is 4.79 Å². The Kier molecular flexibility index (Phi) is 5.91. The summed E-state index contributed by atoms with van der Waals surface area (Å²) < 4.78 is 63.4. The van der Waals surface area contributed by atoms with E-state index in [2.05, 4.69) is 10.3 Å². The van der Waals surface area contributed by atoms with Crippen LogP contribution in [0.2, 0.25) is 0 Å². The molecule has 0 saturated heterocycles. The first-order valence-corrected chi connectivity index (χ1v) is 8.64. The summed E-state index contributed by atoms with van der Waals surface area (Å²) in [5.41, 5.74) is -0.435. The van der Waals surface area contributed by atoms with Crippen molar-refractivity contribution in [1.29, 1.82) is 0 Å². The van der Waals surface area contributed by atoms with Crippen LogP contribution in [0.3, 0.4) is 0 Å². The van der Waals surface area contributed by atoms with Crippen LogP contribution in [0.4, 0.5) is 23.2 Å². The number of alkyl halides is 3. The molecule has 0 aliphatic heterocycles. The molecule has 0 atom stereocenters. The monoisotopic (exact) mass is 420 g/mol. The molecule has 2 aromatic carbocycles. The van der Waals surface area contributed by atoms with Gasteiger partial charge in [0.25, 0.3) is 5.91 Å². The number of aryl methyl sites for hydroxylation is 1. The molecule has 9 heteroatoms. The van der Waals surface area contributed by atoms with Crippen molar-refractivity contribution in [3.63, 3.8) is 0 Å². The molecule has 1 N–H and O–H groups in total. The van der Waals surface area contributed by atoms with Crippen molar-refractivity contribution in [1.82, 2.24) is 4.98 Å². The topological polar surface area (TPSA) is 60.5 Å². The van der Waals surface area contributed by atoms with Crippen LogP contribution in [-0.2, 0) is 6.18 Å². The average molecular weight is 420 g/mol. The summed E-state index contributed by atoms with van der Waals surface area (Å²) in [6.45, 7) is 1.54. The highest BCUT2D eigenvalue weighted by Crippen LogP contribution is 2.36. The summed E-state index contributed by atoms with van der Waals surface area (Å²) in [5, 5.41) is 2.56. The van der Waals surface area contributed by atoms with Crippen molar-refractivity contribution < 1.29 is 31.8 Å². The van der Waals surface area contributed by atoms with Crippen molar-refractivity contribution in [3.8, 4) is 17.4 Å². The number of rotatable bonds is 5. The minimum atomic E-state index is -4.64. The van der Waals surface area contributed by atoms with E-state index in [1.54, 1.807) is 0 Å². The smallest absolute Gasteiger partial charge is 0.416 e. The predicted octanol–water partition coefficient (Wildman–Crippen LogP) is 5.60. The van der Waals surface area contributed by atoms with Crippen LogP contribution >= 0.6 is 0 Å². The number of halogens is 4. The summed E-state index contributed by atoms with van der Waals surface area (Å²) in [7, 11) is 1.40. The largest absolute Gasteiger partial charge is 0.481 e. The quantitative estimate of drug-likeness (QED) is 0.546. The third kappa shape index (κ3) is 4.86. The molecule has 5 nitrogen and oxygen atoms in total. The Balaban J connectivity index is 1.98. The van der Waals surface area contributed by atoms with Crippen molar-refractivity contribution >= 4 is 11.6 Å². The van der Waals surface area contributed by atoms with Gasteiger partial charge in [-0.05, 0) is 55.0 Å². The Hall–Kier alpha value is -3.62. The number of nitrogens with zero attached hydrogens (tertiary/aromatic N) is 1. The molecule has 1 aromatic heterocycles. The van der Waals surface area contributed by atoms with Gasteiger partial charge in [0.15, 0.2) is 0 Å². The number of ether oxygens (including phenoxy) is 2. The van der Waals surface area contributed by atoms with Gasteiger partial charge in [-0.1, -0.05) is 0 Å². The van der Waals surface area contributed by atoms with Gasteiger partial charge < -0.3 is 14.8 Å². The fourth-order valence-electron chi connectivity index (χ4n) is 2.61. The molecule has 0 aliphatic carbocycles. The molecule has 0 radical (unpaired) electrons. The van der Waals surface area contributed by atoms with Crippen LogP contribution in [0.25, 0.3) is 0 Å². The summed E-state index contributed by atoms with van der Waals surface area (Å²) >= 11 is 0. The Morgan fingerprint density at radius 1 is 1.03 bits per heavy atom. The normalized spacial score (nSPS) is 11.1. The number of carbonyl (C=O) groups excluding carboxylic acids is 1. The van der Waals surface area contributed by atoms with Crippen LogP contribution in [0.5, 0.6) is 17.4 Å². The summed E-state index contributed by atoms with van der Waals surface area (Å²) in [6, 6.07) is 9.04. The van der Waals surface area contributed by atoms with E-state index in [-0.39, 0.29) is 22.9 Å². The van der Waals surface area contributed by atoms with E-state index in [1.165, 1.54) is 44.5 Å². The molecule has 0 saturated carbocycles. The molecule has 1 heterocycles. The number of pyridine rings is 1. The standard InChI is InChI=1S/C21H16F4N2O3/c1-12-9-14(22)4-6-17(12)30-18-10-13(21(23,24)25)3-5-16(18)20(28)27-15-7-8-26-19(11-15)29-2/h3-11H,1-2H3,(H,26,27,28). The van der Waals surface area contributed by atoms with Crippen molar-refractivity contribution in [2.45, 2.75) is 13.1 Å². The first-order chi connectivity index (χ1) is 14.2. The minimum Gasteiger partial charge on any atom is -0.481 e. The van der Waals surface area contributed by atoms with E-state index < -0.39 is 23.5 Å². The first kappa shape index (κ1) is 21.1. The lowest BCUT2D eigenvalue weighted by Crippen LogP contribution is -2.14. The number of hydrogen-bond donors (Lipinski definition) is 1. The second kappa shape index (κ2) is 8.40. The summed E-state index contributed by atoms with van der Waals surface area (Å²) in [5.74, 6) is -1.17. The zero-order valence-corrected chi connectivity index (χ0v) is 15.9. The van der Waals surface area contributed by atoms with Gasteiger partial charge in [0.05, 0.1) is 18.2 Å². The third-order valence-electron chi connectivity index (χ3n) is 4.11. The van der Waals surface area contributed by atoms with E-state index in [0.29, 0.717) is 11.3 Å². The van der Waals surface area contributed by atoms with E-state index in [9.17, 15) is 22.4 Å². The third-order valence-corrected chi connectivity index (χ3v) is 4.11. The number of hydrogen-bond acceptors (Lipinski definition) is 4. The first-order valence-electron chi connectivity index (χ1n) is 8.64. The molecule has 0 unspecified atom stereocenters. The second-order valence-electron chi connectivity index (χ2n) is 6.26. The number of benzene rings is 2. The Labute approximate surface area is 169 Å². The van der Waals surface area contributed by atoms with E-state index in [4.69, 9.17) is 9.47 Å². The molecule has 156 valence electrons. The van der Waals surface area contributed by atoms with Crippen molar-refractivity contribution in [2.24, 2.45) is 0 Å². The zero-order valence-electron chi connectivity index (χ0n) is 15.9. The zero-order chi connectivity index (χ0) is 21.9. The predicted molar refractivity (Wildman–Crippen MR) is 101 cm³/mol. The molecule has 0 fully saturated rings. The van der Waals surface area contributed by atoms with Crippen LogP contribution < -0.4 is 14.8 Å². The highest BCUT2D eigenvalue weighted by molar-refractivity contribution is 6.06. The molecule has 0 aliphatic rings. The second-order valence-corrected chi connectivity index (χ2v) is 6.26. The maximum Gasteiger partial charge on any atom is 0.416 e. The Morgan fingerprint density at radius 2 is 1.80 bits per heavy atom. The minimum absolute atomic E-state index is 0.121. The van der Waals surface area contributed by atoms with Gasteiger partial charge >= 0.3 is 6.18 Å². The molecule has 1 amide bonds. The number of anilines is 1. The number of nitrogens with one attached hydrogen (secondary N) is 1. The number of methoxy groups -OCH3 is 1. The molecule has 3 rings (SSSR count). The lowest BCUT2D eigenvalue weighted by molar-refractivity contribution is -0.137. The maximum absolute atomic E-state index is 13.3. The van der Waals surface area contributed by atoms with Gasteiger partial charge in [-0.15, -0.1) is 0 Å². The van der Waals surface area contributed by atoms with E-state index in [1.807, 2.05) is 0 Å². The van der Waals surface area contributed by atoms with Gasteiger partial charge in [-0.2, -0.15) is 13.2 Å². The lowest BCUT2D eigenvalue weighted by atomic mass is 10.1. The van der Waals surface area contributed by atoms with Crippen molar-refractivity contribution in [3.05, 3.63) is 77.2 Å². The average Bonchev–Trinajstić information content (AvgIpc) is 2.69. The van der Waals surface area contributed by atoms with Gasteiger partial charge in [-0.25, -0.2) is 9.37 Å². The number of aromatic nitrogens is 1.